The molecule has 34 heavy (non-hydrogen) atoms. The van der Waals surface area contributed by atoms with E-state index < -0.39 is 6.09 Å². The number of aromatic nitrogens is 4. The summed E-state index contributed by atoms with van der Waals surface area (Å²) in [5, 5.41) is 14.4. The third-order valence-electron chi connectivity index (χ3n) is 6.07. The fraction of sp³-hybridized carbons (Fsp3) is 0.429. The normalized spacial score (nSPS) is 19.9. The number of hydrogen-bond donors (Lipinski definition) is 5. The van der Waals surface area contributed by atoms with Crippen LogP contribution in [0.5, 0.6) is 0 Å². The number of carbonyl (C=O) groups is 1. The summed E-state index contributed by atoms with van der Waals surface area (Å²) in [4.78, 5) is 22.7. The van der Waals surface area contributed by atoms with Crippen molar-refractivity contribution >= 4 is 58.0 Å². The van der Waals surface area contributed by atoms with Crippen LogP contribution in [0.15, 0.2) is 18.3 Å². The predicted molar refractivity (Wildman–Crippen MR) is 132 cm³/mol. The van der Waals surface area contributed by atoms with E-state index in [1.165, 1.54) is 11.6 Å². The summed E-state index contributed by atoms with van der Waals surface area (Å²) in [6, 6.07) is 3.84. The Labute approximate surface area is 201 Å². The highest BCUT2D eigenvalue weighted by molar-refractivity contribution is 6.36. The average Bonchev–Trinajstić information content (AvgIpc) is 3.44. The minimum absolute atomic E-state index is 0.0765. The second kappa shape index (κ2) is 8.60. The van der Waals surface area contributed by atoms with E-state index in [-0.39, 0.29) is 12.0 Å². The Morgan fingerprint density at radius 3 is 2.79 bits per heavy atom. The highest BCUT2D eigenvalue weighted by Crippen LogP contribution is 2.39. The molecule has 2 fully saturated rings. The first kappa shape index (κ1) is 22.1. The van der Waals surface area contributed by atoms with E-state index in [4.69, 9.17) is 27.8 Å². The fourth-order valence-corrected chi connectivity index (χ4v) is 4.38. The molecule has 2 aliphatic rings. The van der Waals surface area contributed by atoms with Crippen LogP contribution >= 0.6 is 11.6 Å². The van der Waals surface area contributed by atoms with Gasteiger partial charge in [0, 0.05) is 24.8 Å². The zero-order valence-electron chi connectivity index (χ0n) is 18.9. The van der Waals surface area contributed by atoms with Gasteiger partial charge in [-0.2, -0.15) is 9.50 Å². The molecule has 5 rings (SSSR count). The van der Waals surface area contributed by atoms with Crippen molar-refractivity contribution in [1.82, 2.24) is 24.9 Å². The van der Waals surface area contributed by atoms with E-state index in [9.17, 15) is 4.79 Å². The Bertz CT molecular complexity index is 1240. The maximum absolute atomic E-state index is 11.7. The number of hydrogen-bond acceptors (Lipinski definition) is 10. The van der Waals surface area contributed by atoms with Gasteiger partial charge in [0.05, 0.1) is 35.7 Å². The SMILES string of the molecule is COC(=O)N[C@@H]1CN(c2cc(N)cc(Nc3nc(NC4CC4)c4ncc(N)n4n3)c2Cl)C[C@H]1C. The average molecular weight is 487 g/mol. The molecule has 1 aliphatic heterocycles. The van der Waals surface area contributed by atoms with Crippen molar-refractivity contribution in [1.29, 1.82) is 0 Å². The molecular weight excluding hydrogens is 460 g/mol. The molecule has 1 saturated heterocycles. The van der Waals surface area contributed by atoms with Gasteiger partial charge in [0.25, 0.3) is 0 Å². The largest absolute Gasteiger partial charge is 0.453 e. The Balaban J connectivity index is 1.44. The Morgan fingerprint density at radius 1 is 1.26 bits per heavy atom. The van der Waals surface area contributed by atoms with Crippen LogP contribution in [0.1, 0.15) is 19.8 Å². The Kier molecular flexibility index (Phi) is 5.60. The molecule has 7 N–H and O–H groups in total. The smallest absolute Gasteiger partial charge is 0.407 e. The molecule has 1 amide bonds. The van der Waals surface area contributed by atoms with Gasteiger partial charge in [-0.15, -0.1) is 5.10 Å². The minimum Gasteiger partial charge on any atom is -0.453 e. The first-order chi connectivity index (χ1) is 16.3. The standard InChI is InChI=1S/C21H27ClN10O2/c1-10-8-31(9-14(10)28-21(33)34-2)15-6-11(23)5-13(17(15)22)27-20-29-18(26-12-3-4-12)19-25-7-16(24)32(19)30-20/h5-7,10,12,14H,3-4,8-9,23-24H2,1-2H3,(H,28,33)(H2,26,27,29,30)/t10-,14-/m1/s1. The van der Waals surface area contributed by atoms with Crippen LogP contribution in [-0.2, 0) is 4.74 Å². The van der Waals surface area contributed by atoms with Crippen molar-refractivity contribution in [3.05, 3.63) is 23.4 Å². The number of benzene rings is 1. The van der Waals surface area contributed by atoms with E-state index in [1.807, 2.05) is 6.07 Å². The molecule has 2 atom stereocenters. The van der Waals surface area contributed by atoms with Crippen LogP contribution < -0.4 is 32.3 Å². The summed E-state index contributed by atoms with van der Waals surface area (Å²) in [6.07, 6.45) is 3.26. The zero-order chi connectivity index (χ0) is 24.0. The molecule has 12 nitrogen and oxygen atoms in total. The summed E-state index contributed by atoms with van der Waals surface area (Å²) in [5.41, 5.74) is 14.7. The second-order valence-electron chi connectivity index (χ2n) is 8.77. The topological polar surface area (TPSA) is 161 Å². The number of nitrogens with zero attached hydrogens (tertiary/aromatic N) is 5. The number of methoxy groups -OCH3 is 1. The lowest BCUT2D eigenvalue weighted by atomic mass is 10.1. The van der Waals surface area contributed by atoms with Crippen LogP contribution in [0.2, 0.25) is 5.02 Å². The number of imidazole rings is 1. The molecule has 0 radical (unpaired) electrons. The number of carbonyl (C=O) groups excluding carboxylic acids is 1. The number of anilines is 6. The monoisotopic (exact) mass is 486 g/mol. The molecule has 3 aromatic rings. The van der Waals surface area contributed by atoms with Crippen LogP contribution in [0.3, 0.4) is 0 Å². The van der Waals surface area contributed by atoms with Crippen molar-refractivity contribution in [2.75, 3.05) is 47.2 Å². The van der Waals surface area contributed by atoms with Gasteiger partial charge < -0.3 is 37.1 Å². The molecule has 0 bridgehead atoms. The summed E-state index contributed by atoms with van der Waals surface area (Å²) in [7, 11) is 1.35. The highest BCUT2D eigenvalue weighted by Gasteiger charge is 2.32. The number of halogens is 1. The van der Waals surface area contributed by atoms with Crippen molar-refractivity contribution in [2.24, 2.45) is 5.92 Å². The van der Waals surface area contributed by atoms with Gasteiger partial charge in [-0.25, -0.2) is 9.78 Å². The second-order valence-corrected chi connectivity index (χ2v) is 9.15. The van der Waals surface area contributed by atoms with Gasteiger partial charge in [0.2, 0.25) is 5.95 Å². The number of amides is 1. The number of rotatable bonds is 6. The van der Waals surface area contributed by atoms with E-state index in [0.29, 0.717) is 58.8 Å². The third kappa shape index (κ3) is 4.28. The molecule has 0 spiro atoms. The van der Waals surface area contributed by atoms with Gasteiger partial charge in [-0.3, -0.25) is 0 Å². The number of nitrogens with two attached hydrogens (primary N) is 2. The zero-order valence-corrected chi connectivity index (χ0v) is 19.6. The molecular formula is C21H27ClN10O2. The van der Waals surface area contributed by atoms with Crippen LogP contribution in [0.25, 0.3) is 5.65 Å². The molecule has 1 aliphatic carbocycles. The summed E-state index contributed by atoms with van der Waals surface area (Å²) in [5.74, 6) is 1.49. The van der Waals surface area contributed by atoms with E-state index in [0.717, 1.165) is 18.5 Å². The van der Waals surface area contributed by atoms with Crippen molar-refractivity contribution in [3.8, 4) is 0 Å². The highest BCUT2D eigenvalue weighted by atomic mass is 35.5. The lowest BCUT2D eigenvalue weighted by Crippen LogP contribution is -2.39. The third-order valence-corrected chi connectivity index (χ3v) is 6.47. The van der Waals surface area contributed by atoms with Gasteiger partial charge in [-0.1, -0.05) is 18.5 Å². The molecule has 1 aromatic carbocycles. The fourth-order valence-electron chi connectivity index (χ4n) is 4.10. The minimum atomic E-state index is -0.457. The van der Waals surface area contributed by atoms with Crippen molar-refractivity contribution in [3.63, 3.8) is 0 Å². The van der Waals surface area contributed by atoms with Crippen molar-refractivity contribution < 1.29 is 9.53 Å². The van der Waals surface area contributed by atoms with Gasteiger partial charge in [0.1, 0.15) is 5.82 Å². The maximum Gasteiger partial charge on any atom is 0.407 e. The van der Waals surface area contributed by atoms with E-state index >= 15 is 0 Å². The Hall–Kier alpha value is -3.67. The first-order valence-electron chi connectivity index (χ1n) is 11.1. The number of alkyl carbamates (subject to hydrolysis) is 1. The molecule has 3 heterocycles. The molecule has 0 unspecified atom stereocenters. The predicted octanol–water partition coefficient (Wildman–Crippen LogP) is 2.44. The lowest BCUT2D eigenvalue weighted by molar-refractivity contribution is 0.165. The van der Waals surface area contributed by atoms with Gasteiger partial charge in [-0.05, 0) is 30.9 Å². The van der Waals surface area contributed by atoms with Crippen LogP contribution in [0, 0.1) is 5.92 Å². The summed E-state index contributed by atoms with van der Waals surface area (Å²) < 4.78 is 6.28. The van der Waals surface area contributed by atoms with Crippen LogP contribution in [-0.4, -0.2) is 58.0 Å². The Morgan fingerprint density at radius 2 is 2.06 bits per heavy atom. The van der Waals surface area contributed by atoms with Crippen LogP contribution in [0.4, 0.5) is 39.4 Å². The van der Waals surface area contributed by atoms with Gasteiger partial charge in [0.15, 0.2) is 11.5 Å². The number of nitrogen functional groups attached to an aromatic ring is 2. The molecule has 13 heteroatoms. The van der Waals surface area contributed by atoms with E-state index in [2.05, 4.69) is 42.8 Å². The number of ether oxygens (including phenoxy) is 1. The number of fused-ring (bicyclic) bond motifs is 1. The lowest BCUT2D eigenvalue weighted by Gasteiger charge is -2.22. The molecule has 180 valence electrons. The quantitative estimate of drug-likeness (QED) is 0.327. The number of nitrogens with one attached hydrogen (secondary N) is 3. The molecule has 2 aromatic heterocycles. The summed E-state index contributed by atoms with van der Waals surface area (Å²) >= 11 is 6.81. The summed E-state index contributed by atoms with van der Waals surface area (Å²) in [6.45, 7) is 3.33. The van der Waals surface area contributed by atoms with Crippen molar-refractivity contribution in [2.45, 2.75) is 31.8 Å². The molecule has 1 saturated carbocycles. The van der Waals surface area contributed by atoms with E-state index in [1.54, 1.807) is 12.3 Å². The maximum atomic E-state index is 11.7. The van der Waals surface area contributed by atoms with Gasteiger partial charge >= 0.3 is 6.09 Å². The first-order valence-corrected chi connectivity index (χ1v) is 11.4.